The van der Waals surface area contributed by atoms with Crippen LogP contribution in [0.3, 0.4) is 0 Å². The maximum atomic E-state index is 5.81. The molecule has 0 amide bonds. The zero-order valence-electron chi connectivity index (χ0n) is 8.79. The predicted octanol–water partition coefficient (Wildman–Crippen LogP) is 0.781. The third kappa shape index (κ3) is 1.81. The van der Waals surface area contributed by atoms with E-state index in [0.717, 1.165) is 25.5 Å². The Hall–Kier alpha value is -0.870. The number of hydrogen-bond donors (Lipinski definition) is 1. The van der Waals surface area contributed by atoms with E-state index < -0.39 is 0 Å². The first-order chi connectivity index (χ1) is 6.73. The minimum atomic E-state index is 0.0184. The van der Waals surface area contributed by atoms with Crippen LogP contribution in [0, 0.1) is 0 Å². The first-order valence-electron chi connectivity index (χ1n) is 5.08. The Morgan fingerprint density at radius 2 is 2.43 bits per heavy atom. The monoisotopic (exact) mass is 195 g/mol. The summed E-state index contributed by atoms with van der Waals surface area (Å²) in [4.78, 5) is 4.27. The van der Waals surface area contributed by atoms with E-state index in [1.54, 1.807) is 0 Å². The lowest BCUT2D eigenvalue weighted by atomic mass is 10.0. The van der Waals surface area contributed by atoms with Gasteiger partial charge in [-0.2, -0.15) is 0 Å². The van der Waals surface area contributed by atoms with Gasteiger partial charge in [0.05, 0.1) is 5.60 Å². The van der Waals surface area contributed by atoms with Crippen LogP contribution in [0.2, 0.25) is 0 Å². The molecule has 1 saturated heterocycles. The van der Waals surface area contributed by atoms with Crippen LogP contribution in [-0.2, 0) is 17.9 Å². The van der Waals surface area contributed by atoms with Crippen LogP contribution >= 0.6 is 0 Å². The van der Waals surface area contributed by atoms with Gasteiger partial charge in [-0.25, -0.2) is 4.98 Å². The Morgan fingerprint density at radius 1 is 1.64 bits per heavy atom. The lowest BCUT2D eigenvalue weighted by Crippen LogP contribution is -2.58. The standard InChI is InChI=1S/C10H17N3O/c1-3-13-5-4-12-9(13)6-14-10(2)7-11-8-10/h4-5,11H,3,6-8H2,1-2H3. The smallest absolute Gasteiger partial charge is 0.134 e. The van der Waals surface area contributed by atoms with E-state index in [-0.39, 0.29) is 5.60 Å². The van der Waals surface area contributed by atoms with Gasteiger partial charge in [0.25, 0.3) is 0 Å². The molecule has 0 radical (unpaired) electrons. The SMILES string of the molecule is CCn1ccnc1COC1(C)CNC1. The van der Waals surface area contributed by atoms with Gasteiger partial charge in [-0.05, 0) is 13.8 Å². The van der Waals surface area contributed by atoms with Crippen molar-refractivity contribution in [2.75, 3.05) is 13.1 Å². The summed E-state index contributed by atoms with van der Waals surface area (Å²) in [5.41, 5.74) is 0.0184. The predicted molar refractivity (Wildman–Crippen MR) is 54.0 cm³/mol. The van der Waals surface area contributed by atoms with E-state index in [4.69, 9.17) is 4.74 Å². The third-order valence-electron chi connectivity index (χ3n) is 2.69. The van der Waals surface area contributed by atoms with E-state index in [0.29, 0.717) is 6.61 Å². The van der Waals surface area contributed by atoms with Gasteiger partial charge in [0.15, 0.2) is 0 Å². The van der Waals surface area contributed by atoms with Crippen LogP contribution in [0.1, 0.15) is 19.7 Å². The molecule has 0 atom stereocenters. The van der Waals surface area contributed by atoms with E-state index in [9.17, 15) is 0 Å². The largest absolute Gasteiger partial charge is 0.365 e. The van der Waals surface area contributed by atoms with Crippen molar-refractivity contribution in [1.29, 1.82) is 0 Å². The van der Waals surface area contributed by atoms with Crippen molar-refractivity contribution in [2.45, 2.75) is 32.6 Å². The van der Waals surface area contributed by atoms with Crippen LogP contribution in [-0.4, -0.2) is 28.2 Å². The summed E-state index contributed by atoms with van der Waals surface area (Å²) >= 11 is 0. The number of imidazole rings is 1. The number of nitrogens with one attached hydrogen (secondary N) is 1. The highest BCUT2D eigenvalue weighted by Gasteiger charge is 2.32. The topological polar surface area (TPSA) is 39.1 Å². The molecule has 14 heavy (non-hydrogen) atoms. The summed E-state index contributed by atoms with van der Waals surface area (Å²) in [5, 5.41) is 3.21. The quantitative estimate of drug-likeness (QED) is 0.771. The summed E-state index contributed by atoms with van der Waals surface area (Å²) in [6, 6.07) is 0. The molecule has 0 bridgehead atoms. The van der Waals surface area contributed by atoms with E-state index in [1.165, 1.54) is 0 Å². The summed E-state index contributed by atoms with van der Waals surface area (Å²) in [5.74, 6) is 1.01. The number of aromatic nitrogens is 2. The molecular formula is C10H17N3O. The molecule has 0 unspecified atom stereocenters. The van der Waals surface area contributed by atoms with Gasteiger partial charge in [0.2, 0.25) is 0 Å². The maximum Gasteiger partial charge on any atom is 0.134 e. The zero-order valence-corrected chi connectivity index (χ0v) is 8.79. The molecule has 2 heterocycles. The van der Waals surface area contributed by atoms with Crippen LogP contribution in [0.25, 0.3) is 0 Å². The molecule has 1 aliphatic heterocycles. The minimum absolute atomic E-state index is 0.0184. The fraction of sp³-hybridized carbons (Fsp3) is 0.700. The molecule has 0 saturated carbocycles. The van der Waals surface area contributed by atoms with Crippen LogP contribution in [0.5, 0.6) is 0 Å². The van der Waals surface area contributed by atoms with Crippen molar-refractivity contribution >= 4 is 0 Å². The fourth-order valence-corrected chi connectivity index (χ4v) is 1.59. The zero-order chi connectivity index (χ0) is 10.0. The molecule has 78 valence electrons. The van der Waals surface area contributed by atoms with E-state index in [1.807, 2.05) is 12.4 Å². The number of hydrogen-bond acceptors (Lipinski definition) is 3. The Labute approximate surface area is 84.3 Å². The van der Waals surface area contributed by atoms with Crippen molar-refractivity contribution in [2.24, 2.45) is 0 Å². The van der Waals surface area contributed by atoms with Crippen LogP contribution < -0.4 is 5.32 Å². The average Bonchev–Trinajstić information content (AvgIpc) is 2.58. The van der Waals surface area contributed by atoms with Gasteiger partial charge in [-0.15, -0.1) is 0 Å². The highest BCUT2D eigenvalue weighted by atomic mass is 16.5. The molecule has 1 N–H and O–H groups in total. The highest BCUT2D eigenvalue weighted by molar-refractivity contribution is 4.94. The second kappa shape index (κ2) is 3.71. The first kappa shape index (κ1) is 9.68. The van der Waals surface area contributed by atoms with Crippen LogP contribution in [0.4, 0.5) is 0 Å². The Bertz CT molecular complexity index is 304. The number of ether oxygens (including phenoxy) is 1. The first-order valence-corrected chi connectivity index (χ1v) is 5.08. The minimum Gasteiger partial charge on any atom is -0.365 e. The molecule has 0 spiro atoms. The maximum absolute atomic E-state index is 5.81. The van der Waals surface area contributed by atoms with Crippen molar-refractivity contribution in [3.63, 3.8) is 0 Å². The molecule has 4 nitrogen and oxygen atoms in total. The van der Waals surface area contributed by atoms with Crippen molar-refractivity contribution in [3.8, 4) is 0 Å². The summed E-state index contributed by atoms with van der Waals surface area (Å²) < 4.78 is 7.91. The normalized spacial score (nSPS) is 19.3. The van der Waals surface area contributed by atoms with Crippen molar-refractivity contribution < 1.29 is 4.74 Å². The van der Waals surface area contributed by atoms with Crippen molar-refractivity contribution in [3.05, 3.63) is 18.2 Å². The molecule has 1 aliphatic rings. The third-order valence-corrected chi connectivity index (χ3v) is 2.69. The van der Waals surface area contributed by atoms with Crippen LogP contribution in [0.15, 0.2) is 12.4 Å². The molecule has 0 aromatic carbocycles. The lowest BCUT2D eigenvalue weighted by Gasteiger charge is -2.38. The second-order valence-corrected chi connectivity index (χ2v) is 3.97. The molecule has 1 aromatic heterocycles. The van der Waals surface area contributed by atoms with Gasteiger partial charge < -0.3 is 14.6 Å². The van der Waals surface area contributed by atoms with Gasteiger partial charge >= 0.3 is 0 Å². The van der Waals surface area contributed by atoms with E-state index >= 15 is 0 Å². The number of nitrogens with zero attached hydrogens (tertiary/aromatic N) is 2. The lowest BCUT2D eigenvalue weighted by molar-refractivity contribution is -0.0797. The molecular weight excluding hydrogens is 178 g/mol. The average molecular weight is 195 g/mol. The molecule has 0 aliphatic carbocycles. The Kier molecular flexibility index (Phi) is 2.56. The van der Waals surface area contributed by atoms with Gasteiger partial charge in [-0.3, -0.25) is 0 Å². The summed E-state index contributed by atoms with van der Waals surface area (Å²) in [7, 11) is 0. The fourth-order valence-electron chi connectivity index (χ4n) is 1.59. The number of rotatable bonds is 4. The molecule has 1 fully saturated rings. The van der Waals surface area contributed by atoms with Gasteiger partial charge in [0.1, 0.15) is 12.4 Å². The van der Waals surface area contributed by atoms with Crippen molar-refractivity contribution in [1.82, 2.24) is 14.9 Å². The Balaban J connectivity index is 1.91. The van der Waals surface area contributed by atoms with Gasteiger partial charge in [-0.1, -0.05) is 0 Å². The summed E-state index contributed by atoms with van der Waals surface area (Å²) in [6.07, 6.45) is 3.81. The van der Waals surface area contributed by atoms with Gasteiger partial charge in [0, 0.05) is 32.0 Å². The van der Waals surface area contributed by atoms with E-state index in [2.05, 4.69) is 28.7 Å². The summed E-state index contributed by atoms with van der Waals surface area (Å²) in [6.45, 7) is 7.69. The Morgan fingerprint density at radius 3 is 3.00 bits per heavy atom. The number of aryl methyl sites for hydroxylation is 1. The second-order valence-electron chi connectivity index (χ2n) is 3.97. The molecule has 2 rings (SSSR count). The molecule has 1 aromatic rings. The molecule has 4 heteroatoms. The highest BCUT2D eigenvalue weighted by Crippen LogP contribution is 2.17.